The molecule has 0 aromatic heterocycles. The summed E-state index contributed by atoms with van der Waals surface area (Å²) < 4.78 is 11.5. The Morgan fingerprint density at radius 1 is 1.15 bits per heavy atom. The lowest BCUT2D eigenvalue weighted by molar-refractivity contribution is -0.384. The van der Waals surface area contributed by atoms with Crippen LogP contribution >= 0.6 is 15.9 Å². The number of rotatable bonds is 8. The van der Waals surface area contributed by atoms with E-state index in [-0.39, 0.29) is 23.8 Å². The van der Waals surface area contributed by atoms with Crippen LogP contribution in [-0.4, -0.2) is 24.5 Å². The third-order valence-corrected chi connectivity index (χ3v) is 5.01. The second-order valence-corrected chi connectivity index (χ2v) is 7.64. The molecule has 1 amide bonds. The van der Waals surface area contributed by atoms with E-state index in [1.54, 1.807) is 55.7 Å². The molecule has 3 rings (SSSR count). The fourth-order valence-corrected chi connectivity index (χ4v) is 3.26. The van der Waals surface area contributed by atoms with Crippen molar-refractivity contribution in [1.29, 1.82) is 5.26 Å². The molecule has 0 fully saturated rings. The Bertz CT molecular complexity index is 1230. The number of hydrogen-bond acceptors (Lipinski definition) is 6. The summed E-state index contributed by atoms with van der Waals surface area (Å²) in [6, 6.07) is 19.9. The van der Waals surface area contributed by atoms with Crippen molar-refractivity contribution in [3.05, 3.63) is 92.4 Å². The number of nitrogens with zero attached hydrogens (tertiary/aromatic N) is 2. The SMILES string of the molecule is COc1ccc(NC(=O)COc2ccc(Br)cc2/C=C(\C#N)c2ccc([N+](=O)[O-])cc2)cc1. The third-order valence-electron chi connectivity index (χ3n) is 4.51. The first-order valence-corrected chi connectivity index (χ1v) is 10.4. The zero-order valence-electron chi connectivity index (χ0n) is 17.4. The second kappa shape index (κ2) is 10.9. The van der Waals surface area contributed by atoms with Gasteiger partial charge >= 0.3 is 0 Å². The van der Waals surface area contributed by atoms with Gasteiger partial charge in [-0.3, -0.25) is 14.9 Å². The number of nitrogens with one attached hydrogen (secondary N) is 1. The second-order valence-electron chi connectivity index (χ2n) is 6.72. The van der Waals surface area contributed by atoms with E-state index in [1.807, 2.05) is 0 Å². The van der Waals surface area contributed by atoms with Gasteiger partial charge in [0.1, 0.15) is 11.5 Å². The topological polar surface area (TPSA) is 114 Å². The number of nitro benzene ring substituents is 1. The van der Waals surface area contributed by atoms with Crippen molar-refractivity contribution < 1.29 is 19.2 Å². The smallest absolute Gasteiger partial charge is 0.269 e. The number of non-ortho nitro benzene ring substituents is 1. The van der Waals surface area contributed by atoms with Crippen molar-refractivity contribution in [3.8, 4) is 17.6 Å². The maximum Gasteiger partial charge on any atom is 0.269 e. The van der Waals surface area contributed by atoms with Crippen LogP contribution in [0, 0.1) is 21.4 Å². The summed E-state index contributed by atoms with van der Waals surface area (Å²) in [7, 11) is 1.56. The summed E-state index contributed by atoms with van der Waals surface area (Å²) in [5.41, 5.74) is 1.91. The van der Waals surface area contributed by atoms with Crippen molar-refractivity contribution in [2.75, 3.05) is 19.0 Å². The predicted molar refractivity (Wildman–Crippen MR) is 128 cm³/mol. The Morgan fingerprint density at radius 2 is 1.85 bits per heavy atom. The van der Waals surface area contributed by atoms with Crippen molar-refractivity contribution in [3.63, 3.8) is 0 Å². The highest BCUT2D eigenvalue weighted by Crippen LogP contribution is 2.28. The highest BCUT2D eigenvalue weighted by atomic mass is 79.9. The van der Waals surface area contributed by atoms with Crippen LogP contribution in [0.3, 0.4) is 0 Å². The Balaban J connectivity index is 1.76. The molecule has 0 aliphatic carbocycles. The van der Waals surface area contributed by atoms with Gasteiger partial charge in [0.25, 0.3) is 11.6 Å². The molecule has 0 saturated carbocycles. The summed E-state index contributed by atoms with van der Waals surface area (Å²) in [5, 5.41) is 23.2. The number of allylic oxidation sites excluding steroid dienone is 1. The van der Waals surface area contributed by atoms with E-state index >= 15 is 0 Å². The normalized spacial score (nSPS) is 10.8. The molecule has 3 aromatic rings. The minimum atomic E-state index is -0.503. The Morgan fingerprint density at radius 3 is 2.45 bits per heavy atom. The zero-order chi connectivity index (χ0) is 23.8. The number of nitro groups is 1. The molecule has 0 unspecified atom stereocenters. The van der Waals surface area contributed by atoms with E-state index in [0.717, 1.165) is 4.47 Å². The number of anilines is 1. The maximum atomic E-state index is 12.3. The largest absolute Gasteiger partial charge is 0.497 e. The molecule has 3 aromatic carbocycles. The molecule has 1 N–H and O–H groups in total. The summed E-state index contributed by atoms with van der Waals surface area (Å²) in [6.45, 7) is -0.242. The van der Waals surface area contributed by atoms with Gasteiger partial charge in [-0.15, -0.1) is 0 Å². The van der Waals surface area contributed by atoms with Crippen LogP contribution in [0.5, 0.6) is 11.5 Å². The number of halogens is 1. The summed E-state index contributed by atoms with van der Waals surface area (Å²) in [5.74, 6) is 0.725. The molecule has 166 valence electrons. The summed E-state index contributed by atoms with van der Waals surface area (Å²) >= 11 is 3.39. The minimum Gasteiger partial charge on any atom is -0.497 e. The molecule has 0 bridgehead atoms. The standard InChI is InChI=1S/C24H18BrN3O5/c1-32-22-9-5-20(6-10-22)27-24(29)15-33-23-11-4-19(25)13-17(23)12-18(14-26)16-2-7-21(8-3-16)28(30)31/h2-13H,15H2,1H3,(H,27,29)/b18-12+. The van der Waals surface area contributed by atoms with Gasteiger partial charge in [-0.1, -0.05) is 15.9 Å². The molecular formula is C24H18BrN3O5. The van der Waals surface area contributed by atoms with Gasteiger partial charge in [0.15, 0.2) is 6.61 Å². The molecule has 9 heteroatoms. The number of benzene rings is 3. The monoisotopic (exact) mass is 507 g/mol. The van der Waals surface area contributed by atoms with Crippen LogP contribution < -0.4 is 14.8 Å². The number of ether oxygens (including phenoxy) is 2. The van der Waals surface area contributed by atoms with Crippen molar-refractivity contribution >= 4 is 44.9 Å². The van der Waals surface area contributed by atoms with E-state index in [4.69, 9.17) is 9.47 Å². The first kappa shape index (κ1) is 23.5. The van der Waals surface area contributed by atoms with Gasteiger partial charge in [-0.2, -0.15) is 5.26 Å². The van der Waals surface area contributed by atoms with Crippen LogP contribution in [0.2, 0.25) is 0 Å². The molecule has 0 saturated heterocycles. The first-order chi connectivity index (χ1) is 15.9. The molecule has 0 radical (unpaired) electrons. The number of methoxy groups -OCH3 is 1. The van der Waals surface area contributed by atoms with Gasteiger partial charge < -0.3 is 14.8 Å². The first-order valence-electron chi connectivity index (χ1n) is 9.62. The number of amides is 1. The molecule has 8 nitrogen and oxygen atoms in total. The lowest BCUT2D eigenvalue weighted by Gasteiger charge is -2.11. The number of nitriles is 1. The maximum absolute atomic E-state index is 12.3. The lowest BCUT2D eigenvalue weighted by atomic mass is 10.0. The summed E-state index contributed by atoms with van der Waals surface area (Å²) in [6.07, 6.45) is 1.60. The Kier molecular flexibility index (Phi) is 7.78. The fourth-order valence-electron chi connectivity index (χ4n) is 2.88. The highest BCUT2D eigenvalue weighted by molar-refractivity contribution is 9.10. The zero-order valence-corrected chi connectivity index (χ0v) is 19.0. The van der Waals surface area contributed by atoms with E-state index in [9.17, 15) is 20.2 Å². The van der Waals surface area contributed by atoms with E-state index in [1.165, 1.54) is 24.3 Å². The van der Waals surface area contributed by atoms with E-state index in [0.29, 0.717) is 28.3 Å². The van der Waals surface area contributed by atoms with Gasteiger partial charge in [-0.05, 0) is 66.2 Å². The summed E-state index contributed by atoms with van der Waals surface area (Å²) in [4.78, 5) is 22.7. The van der Waals surface area contributed by atoms with Crippen LogP contribution in [-0.2, 0) is 4.79 Å². The molecule has 0 aliphatic rings. The van der Waals surface area contributed by atoms with Crippen molar-refractivity contribution in [1.82, 2.24) is 0 Å². The average Bonchev–Trinajstić information content (AvgIpc) is 2.82. The third kappa shape index (κ3) is 6.41. The quantitative estimate of drug-likeness (QED) is 0.187. The van der Waals surface area contributed by atoms with Gasteiger partial charge in [0.2, 0.25) is 0 Å². The average molecular weight is 508 g/mol. The van der Waals surface area contributed by atoms with E-state index in [2.05, 4.69) is 27.3 Å². The molecule has 33 heavy (non-hydrogen) atoms. The van der Waals surface area contributed by atoms with E-state index < -0.39 is 4.92 Å². The van der Waals surface area contributed by atoms with Gasteiger partial charge in [0.05, 0.1) is 23.7 Å². The number of hydrogen-bond donors (Lipinski definition) is 1. The fraction of sp³-hybridized carbons (Fsp3) is 0.0833. The minimum absolute atomic E-state index is 0.0645. The molecule has 0 aliphatic heterocycles. The molecular weight excluding hydrogens is 490 g/mol. The molecule has 0 spiro atoms. The van der Waals surface area contributed by atoms with Crippen molar-refractivity contribution in [2.45, 2.75) is 0 Å². The van der Waals surface area contributed by atoms with Gasteiger partial charge in [-0.25, -0.2) is 0 Å². The number of carbonyl (C=O) groups is 1. The van der Waals surface area contributed by atoms with Crippen LogP contribution in [0.15, 0.2) is 71.2 Å². The highest BCUT2D eigenvalue weighted by Gasteiger charge is 2.11. The van der Waals surface area contributed by atoms with Gasteiger partial charge in [0, 0.05) is 27.9 Å². The Hall–Kier alpha value is -4.16. The predicted octanol–water partition coefficient (Wildman–Crippen LogP) is 5.45. The number of carbonyl (C=O) groups excluding carboxylic acids is 1. The molecule has 0 atom stereocenters. The van der Waals surface area contributed by atoms with Crippen LogP contribution in [0.4, 0.5) is 11.4 Å². The van der Waals surface area contributed by atoms with Crippen molar-refractivity contribution in [2.24, 2.45) is 0 Å². The van der Waals surface area contributed by atoms with Crippen LogP contribution in [0.1, 0.15) is 11.1 Å². The Labute approximate surface area is 198 Å². The molecule has 0 heterocycles. The van der Waals surface area contributed by atoms with Crippen LogP contribution in [0.25, 0.3) is 11.6 Å². The lowest BCUT2D eigenvalue weighted by Crippen LogP contribution is -2.20.